The Morgan fingerprint density at radius 3 is 2.35 bits per heavy atom. The summed E-state index contributed by atoms with van der Waals surface area (Å²) in [4.78, 5) is 0. The van der Waals surface area contributed by atoms with Crippen molar-refractivity contribution >= 4 is 5.84 Å². The normalized spacial score (nSPS) is 9.94. The lowest BCUT2D eigenvalue weighted by Gasteiger charge is -2.08. The molecule has 0 bridgehead atoms. The van der Waals surface area contributed by atoms with Crippen molar-refractivity contribution in [3.63, 3.8) is 0 Å². The van der Waals surface area contributed by atoms with Gasteiger partial charge in [0, 0.05) is 5.56 Å². The van der Waals surface area contributed by atoms with Crippen molar-refractivity contribution in [2.75, 3.05) is 0 Å². The van der Waals surface area contributed by atoms with Gasteiger partial charge in [-0.2, -0.15) is 0 Å². The Labute approximate surface area is 100 Å². The quantitative estimate of drug-likeness (QED) is 0.624. The number of aryl methyl sites for hydroxylation is 1. The molecule has 2 rings (SSSR count). The number of nitrogens with one attached hydrogen (secondary N) is 1. The second-order valence-electron chi connectivity index (χ2n) is 3.81. The van der Waals surface area contributed by atoms with E-state index >= 15 is 0 Å². The van der Waals surface area contributed by atoms with Crippen LogP contribution in [0.4, 0.5) is 0 Å². The van der Waals surface area contributed by atoms with Crippen molar-refractivity contribution in [3.8, 4) is 11.5 Å². The minimum Gasteiger partial charge on any atom is -0.457 e. The minimum atomic E-state index is 0.0776. The molecule has 17 heavy (non-hydrogen) atoms. The topological polar surface area (TPSA) is 59.1 Å². The second-order valence-corrected chi connectivity index (χ2v) is 3.81. The molecular formula is C14H14N2O. The molecule has 0 unspecified atom stereocenters. The third-order valence-electron chi connectivity index (χ3n) is 2.47. The maximum atomic E-state index is 7.40. The van der Waals surface area contributed by atoms with Crippen LogP contribution in [0.3, 0.4) is 0 Å². The highest BCUT2D eigenvalue weighted by Crippen LogP contribution is 2.23. The van der Waals surface area contributed by atoms with Crippen molar-refractivity contribution in [1.82, 2.24) is 0 Å². The molecule has 86 valence electrons. The van der Waals surface area contributed by atoms with Gasteiger partial charge < -0.3 is 10.5 Å². The molecule has 0 spiro atoms. The molecule has 0 aromatic heterocycles. The Kier molecular flexibility index (Phi) is 3.10. The molecule has 0 amide bonds. The maximum Gasteiger partial charge on any atom is 0.127 e. The Balaban J connectivity index is 2.24. The molecule has 3 N–H and O–H groups in total. The lowest BCUT2D eigenvalue weighted by atomic mass is 10.1. The van der Waals surface area contributed by atoms with E-state index < -0.39 is 0 Å². The van der Waals surface area contributed by atoms with Crippen LogP contribution in [0, 0.1) is 12.3 Å². The van der Waals surface area contributed by atoms with Gasteiger partial charge in [0.05, 0.1) is 0 Å². The average molecular weight is 226 g/mol. The van der Waals surface area contributed by atoms with Crippen LogP contribution in [0.2, 0.25) is 0 Å². The number of rotatable bonds is 3. The molecule has 2 aromatic rings. The standard InChI is InChI=1S/C14H14N2O/c1-10-9-12(7-8-13(10)14(15)16)17-11-5-3-2-4-6-11/h2-9H,1H3,(H3,15,16). The van der Waals surface area contributed by atoms with Gasteiger partial charge in [0.25, 0.3) is 0 Å². The number of amidine groups is 1. The number of benzene rings is 2. The fourth-order valence-electron chi connectivity index (χ4n) is 1.63. The van der Waals surface area contributed by atoms with E-state index in [2.05, 4.69) is 0 Å². The molecule has 0 radical (unpaired) electrons. The molecule has 3 nitrogen and oxygen atoms in total. The largest absolute Gasteiger partial charge is 0.457 e. The van der Waals surface area contributed by atoms with E-state index in [9.17, 15) is 0 Å². The number of para-hydroxylation sites is 1. The van der Waals surface area contributed by atoms with Crippen molar-refractivity contribution in [2.24, 2.45) is 5.73 Å². The first-order chi connectivity index (χ1) is 8.16. The summed E-state index contributed by atoms with van der Waals surface area (Å²) in [5.41, 5.74) is 7.14. The molecule has 0 heterocycles. The Bertz CT molecular complexity index is 535. The van der Waals surface area contributed by atoms with Crippen LogP contribution in [-0.4, -0.2) is 5.84 Å². The van der Waals surface area contributed by atoms with Crippen LogP contribution < -0.4 is 10.5 Å². The van der Waals surface area contributed by atoms with Gasteiger partial charge in [-0.3, -0.25) is 5.41 Å². The van der Waals surface area contributed by atoms with Gasteiger partial charge >= 0.3 is 0 Å². The SMILES string of the molecule is Cc1cc(Oc2ccccc2)ccc1C(=N)N. The molecule has 2 aromatic carbocycles. The van der Waals surface area contributed by atoms with E-state index in [0.29, 0.717) is 0 Å². The van der Waals surface area contributed by atoms with Crippen LogP contribution in [0.1, 0.15) is 11.1 Å². The van der Waals surface area contributed by atoms with Gasteiger partial charge in [-0.1, -0.05) is 18.2 Å². The van der Waals surface area contributed by atoms with E-state index in [1.807, 2.05) is 49.4 Å². The van der Waals surface area contributed by atoms with Crippen molar-refractivity contribution < 1.29 is 4.74 Å². The summed E-state index contributed by atoms with van der Waals surface area (Å²) in [5, 5.41) is 7.40. The fraction of sp³-hybridized carbons (Fsp3) is 0.0714. The van der Waals surface area contributed by atoms with Gasteiger partial charge in [-0.25, -0.2) is 0 Å². The highest BCUT2D eigenvalue weighted by atomic mass is 16.5. The highest BCUT2D eigenvalue weighted by Gasteiger charge is 2.03. The fourth-order valence-corrected chi connectivity index (χ4v) is 1.63. The molecule has 3 heteroatoms. The summed E-state index contributed by atoms with van der Waals surface area (Å²) in [6.07, 6.45) is 0. The summed E-state index contributed by atoms with van der Waals surface area (Å²) < 4.78 is 5.68. The average Bonchev–Trinajstić information content (AvgIpc) is 2.30. The Hall–Kier alpha value is -2.29. The van der Waals surface area contributed by atoms with Gasteiger partial charge in [0.15, 0.2) is 0 Å². The van der Waals surface area contributed by atoms with Crippen LogP contribution in [0.5, 0.6) is 11.5 Å². The third-order valence-corrected chi connectivity index (χ3v) is 2.47. The van der Waals surface area contributed by atoms with Gasteiger partial charge in [0.2, 0.25) is 0 Å². The molecule has 0 fully saturated rings. The number of ether oxygens (including phenoxy) is 1. The van der Waals surface area contributed by atoms with Crippen molar-refractivity contribution in [2.45, 2.75) is 6.92 Å². The first kappa shape index (κ1) is 11.2. The zero-order valence-corrected chi connectivity index (χ0v) is 9.60. The molecular weight excluding hydrogens is 212 g/mol. The van der Waals surface area contributed by atoms with Crippen LogP contribution in [0.15, 0.2) is 48.5 Å². The first-order valence-electron chi connectivity index (χ1n) is 5.35. The summed E-state index contributed by atoms with van der Waals surface area (Å²) >= 11 is 0. The van der Waals surface area contributed by atoms with Crippen molar-refractivity contribution in [3.05, 3.63) is 59.7 Å². The number of hydrogen-bond donors (Lipinski definition) is 2. The van der Waals surface area contributed by atoms with Crippen LogP contribution in [0.25, 0.3) is 0 Å². The van der Waals surface area contributed by atoms with E-state index in [1.165, 1.54) is 0 Å². The molecule has 0 saturated carbocycles. The monoisotopic (exact) mass is 226 g/mol. The lowest BCUT2D eigenvalue weighted by molar-refractivity contribution is 0.482. The predicted octanol–water partition coefficient (Wildman–Crippen LogP) is 3.07. The zero-order valence-electron chi connectivity index (χ0n) is 9.60. The number of nitrogens with two attached hydrogens (primary N) is 1. The van der Waals surface area contributed by atoms with Gasteiger partial charge in [0.1, 0.15) is 17.3 Å². The maximum absolute atomic E-state index is 7.40. The molecule has 0 aliphatic rings. The van der Waals surface area contributed by atoms with Crippen LogP contribution in [-0.2, 0) is 0 Å². The minimum absolute atomic E-state index is 0.0776. The highest BCUT2D eigenvalue weighted by molar-refractivity contribution is 5.96. The summed E-state index contributed by atoms with van der Waals surface area (Å²) in [6.45, 7) is 1.91. The van der Waals surface area contributed by atoms with E-state index in [1.54, 1.807) is 6.07 Å². The van der Waals surface area contributed by atoms with E-state index in [4.69, 9.17) is 15.9 Å². The second kappa shape index (κ2) is 4.70. The molecule has 0 saturated heterocycles. The molecule has 0 aliphatic carbocycles. The number of hydrogen-bond acceptors (Lipinski definition) is 2. The van der Waals surface area contributed by atoms with E-state index in [-0.39, 0.29) is 5.84 Å². The Morgan fingerprint density at radius 1 is 1.06 bits per heavy atom. The smallest absolute Gasteiger partial charge is 0.127 e. The third kappa shape index (κ3) is 2.64. The van der Waals surface area contributed by atoms with Gasteiger partial charge in [-0.15, -0.1) is 0 Å². The lowest BCUT2D eigenvalue weighted by Crippen LogP contribution is -2.12. The van der Waals surface area contributed by atoms with Gasteiger partial charge in [-0.05, 0) is 42.8 Å². The summed E-state index contributed by atoms with van der Waals surface area (Å²) in [6, 6.07) is 15.1. The van der Waals surface area contributed by atoms with Crippen molar-refractivity contribution in [1.29, 1.82) is 5.41 Å². The predicted molar refractivity (Wildman–Crippen MR) is 68.7 cm³/mol. The molecule has 0 aliphatic heterocycles. The zero-order chi connectivity index (χ0) is 12.3. The Morgan fingerprint density at radius 2 is 1.76 bits per heavy atom. The van der Waals surface area contributed by atoms with E-state index in [0.717, 1.165) is 22.6 Å². The molecule has 0 atom stereocenters. The van der Waals surface area contributed by atoms with Crippen LogP contribution >= 0.6 is 0 Å². The summed E-state index contributed by atoms with van der Waals surface area (Å²) in [5.74, 6) is 1.62. The summed E-state index contributed by atoms with van der Waals surface area (Å²) in [7, 11) is 0. The first-order valence-corrected chi connectivity index (χ1v) is 5.35. The number of nitrogen functional groups attached to an aromatic ring is 1.